The van der Waals surface area contributed by atoms with E-state index in [1.165, 1.54) is 11.1 Å². The molecule has 0 saturated heterocycles. The van der Waals surface area contributed by atoms with E-state index in [-0.39, 0.29) is 0 Å². The molecule has 0 fully saturated rings. The summed E-state index contributed by atoms with van der Waals surface area (Å²) in [5.74, 6) is 0.841. The van der Waals surface area contributed by atoms with Crippen molar-refractivity contribution in [2.24, 2.45) is 7.05 Å². The van der Waals surface area contributed by atoms with Crippen molar-refractivity contribution in [1.82, 2.24) is 15.1 Å². The van der Waals surface area contributed by atoms with Crippen molar-refractivity contribution in [3.05, 3.63) is 44.6 Å². The lowest BCUT2D eigenvalue weighted by Crippen LogP contribution is -2.06. The Morgan fingerprint density at radius 2 is 1.95 bits per heavy atom. The van der Waals surface area contributed by atoms with Gasteiger partial charge < -0.3 is 10.1 Å². The summed E-state index contributed by atoms with van der Waals surface area (Å²) in [4.78, 5) is 0. The third-order valence-electron chi connectivity index (χ3n) is 2.83. The molecule has 0 saturated carbocycles. The van der Waals surface area contributed by atoms with E-state index in [2.05, 4.69) is 54.4 Å². The van der Waals surface area contributed by atoms with Crippen LogP contribution in [0, 0.1) is 0 Å². The van der Waals surface area contributed by atoms with Crippen molar-refractivity contribution in [3.63, 3.8) is 0 Å². The molecule has 1 heterocycles. The van der Waals surface area contributed by atoms with E-state index in [4.69, 9.17) is 4.74 Å². The van der Waals surface area contributed by atoms with Crippen LogP contribution in [0.5, 0.6) is 5.75 Å². The Balaban J connectivity index is 1.98. The predicted octanol–water partition coefficient (Wildman–Crippen LogP) is 3.29. The first kappa shape index (κ1) is 15.5. The van der Waals surface area contributed by atoms with E-state index in [0.717, 1.165) is 27.7 Å². The van der Waals surface area contributed by atoms with Crippen LogP contribution in [-0.2, 0) is 20.0 Å². The van der Waals surface area contributed by atoms with Gasteiger partial charge in [-0.2, -0.15) is 5.10 Å². The van der Waals surface area contributed by atoms with Crippen molar-refractivity contribution in [3.8, 4) is 5.75 Å². The lowest BCUT2D eigenvalue weighted by Gasteiger charge is -2.12. The van der Waals surface area contributed by atoms with E-state index < -0.39 is 0 Å². The zero-order valence-electron chi connectivity index (χ0n) is 11.5. The first-order chi connectivity index (χ1) is 9.60. The summed E-state index contributed by atoms with van der Waals surface area (Å²) in [7, 11) is 3.85. The molecular formula is C14H17Br2N3O. The Kier molecular flexibility index (Phi) is 5.63. The predicted molar refractivity (Wildman–Crippen MR) is 87.0 cm³/mol. The maximum atomic E-state index is 5.86. The second-order valence-corrected chi connectivity index (χ2v) is 6.25. The van der Waals surface area contributed by atoms with Crippen molar-refractivity contribution < 1.29 is 4.74 Å². The molecule has 0 amide bonds. The summed E-state index contributed by atoms with van der Waals surface area (Å²) < 4.78 is 9.58. The highest BCUT2D eigenvalue weighted by Crippen LogP contribution is 2.34. The minimum Gasteiger partial charge on any atom is -0.491 e. The number of aryl methyl sites for hydroxylation is 1. The Labute approximate surface area is 135 Å². The average Bonchev–Trinajstić information content (AvgIpc) is 2.79. The Bertz CT molecular complexity index is 561. The zero-order valence-corrected chi connectivity index (χ0v) is 14.7. The molecular weight excluding hydrogens is 386 g/mol. The molecule has 20 heavy (non-hydrogen) atoms. The zero-order chi connectivity index (χ0) is 14.5. The van der Waals surface area contributed by atoms with Crippen LogP contribution in [0.15, 0.2) is 33.5 Å². The van der Waals surface area contributed by atoms with Gasteiger partial charge in [-0.15, -0.1) is 0 Å². The standard InChI is InChI=1S/C14H17Br2N3O/c1-17-7-11-5-12(15)14(13(16)6-11)20-4-3-10-8-18-19(2)9-10/h5-6,8-9,17H,3-4,7H2,1-2H3. The van der Waals surface area contributed by atoms with Gasteiger partial charge in [0.05, 0.1) is 21.7 Å². The number of hydrogen-bond donors (Lipinski definition) is 1. The molecule has 0 unspecified atom stereocenters. The molecule has 4 nitrogen and oxygen atoms in total. The quantitative estimate of drug-likeness (QED) is 0.805. The van der Waals surface area contributed by atoms with Crippen LogP contribution in [0.25, 0.3) is 0 Å². The lowest BCUT2D eigenvalue weighted by atomic mass is 10.2. The van der Waals surface area contributed by atoms with E-state index in [9.17, 15) is 0 Å². The van der Waals surface area contributed by atoms with Crippen molar-refractivity contribution in [2.45, 2.75) is 13.0 Å². The number of rotatable bonds is 6. The first-order valence-electron chi connectivity index (χ1n) is 6.33. The van der Waals surface area contributed by atoms with Gasteiger partial charge in [0.1, 0.15) is 5.75 Å². The van der Waals surface area contributed by atoms with Crippen molar-refractivity contribution >= 4 is 31.9 Å². The summed E-state index contributed by atoms with van der Waals surface area (Å²) in [6.07, 6.45) is 4.71. The second kappa shape index (κ2) is 7.24. The number of nitrogens with zero attached hydrogens (tertiary/aromatic N) is 2. The van der Waals surface area contributed by atoms with Gasteiger partial charge >= 0.3 is 0 Å². The number of aromatic nitrogens is 2. The second-order valence-electron chi connectivity index (χ2n) is 4.54. The van der Waals surface area contributed by atoms with Crippen LogP contribution in [0.3, 0.4) is 0 Å². The SMILES string of the molecule is CNCc1cc(Br)c(OCCc2cnn(C)c2)c(Br)c1. The fourth-order valence-electron chi connectivity index (χ4n) is 1.93. The van der Waals surface area contributed by atoms with E-state index in [1.807, 2.05) is 26.5 Å². The molecule has 0 aliphatic rings. The summed E-state index contributed by atoms with van der Waals surface area (Å²) >= 11 is 7.12. The molecule has 0 radical (unpaired) electrons. The molecule has 1 N–H and O–H groups in total. The molecule has 0 aliphatic carbocycles. The number of halogens is 2. The highest BCUT2D eigenvalue weighted by Gasteiger charge is 2.09. The summed E-state index contributed by atoms with van der Waals surface area (Å²) in [5, 5.41) is 7.28. The van der Waals surface area contributed by atoms with Gasteiger partial charge in [0.15, 0.2) is 0 Å². The largest absolute Gasteiger partial charge is 0.491 e. The van der Waals surface area contributed by atoms with Crippen molar-refractivity contribution in [1.29, 1.82) is 0 Å². The molecule has 0 bridgehead atoms. The van der Waals surface area contributed by atoms with Gasteiger partial charge in [0.25, 0.3) is 0 Å². The molecule has 1 aromatic carbocycles. The van der Waals surface area contributed by atoms with Crippen LogP contribution in [0.4, 0.5) is 0 Å². The Hall–Kier alpha value is -0.850. The van der Waals surface area contributed by atoms with Gasteiger partial charge in [0.2, 0.25) is 0 Å². The summed E-state index contributed by atoms with van der Waals surface area (Å²) in [6, 6.07) is 4.14. The molecule has 2 aromatic rings. The molecule has 0 spiro atoms. The lowest BCUT2D eigenvalue weighted by molar-refractivity contribution is 0.318. The Morgan fingerprint density at radius 1 is 1.25 bits per heavy atom. The van der Waals surface area contributed by atoms with Gasteiger partial charge in [-0.25, -0.2) is 0 Å². The van der Waals surface area contributed by atoms with Gasteiger partial charge in [-0.3, -0.25) is 4.68 Å². The molecule has 108 valence electrons. The van der Waals surface area contributed by atoms with Crippen LogP contribution < -0.4 is 10.1 Å². The van der Waals surface area contributed by atoms with E-state index in [0.29, 0.717) is 6.61 Å². The Morgan fingerprint density at radius 3 is 2.50 bits per heavy atom. The number of benzene rings is 1. The maximum absolute atomic E-state index is 5.86. The molecule has 2 rings (SSSR count). The van der Waals surface area contributed by atoms with Crippen LogP contribution in [0.2, 0.25) is 0 Å². The normalized spacial score (nSPS) is 10.8. The highest BCUT2D eigenvalue weighted by molar-refractivity contribution is 9.11. The van der Waals surface area contributed by atoms with Crippen molar-refractivity contribution in [2.75, 3.05) is 13.7 Å². The van der Waals surface area contributed by atoms with Crippen LogP contribution in [0.1, 0.15) is 11.1 Å². The minimum atomic E-state index is 0.619. The number of ether oxygens (including phenoxy) is 1. The maximum Gasteiger partial charge on any atom is 0.147 e. The number of nitrogens with one attached hydrogen (secondary N) is 1. The summed E-state index contributed by atoms with van der Waals surface area (Å²) in [5.41, 5.74) is 2.37. The fourth-order valence-corrected chi connectivity index (χ4v) is 3.44. The third kappa shape index (κ3) is 4.07. The fraction of sp³-hybridized carbons (Fsp3) is 0.357. The van der Waals surface area contributed by atoms with Crippen LogP contribution in [-0.4, -0.2) is 23.4 Å². The van der Waals surface area contributed by atoms with Gasteiger partial charge in [0, 0.05) is 26.2 Å². The topological polar surface area (TPSA) is 39.1 Å². The molecule has 0 aliphatic heterocycles. The van der Waals surface area contributed by atoms with Crippen LogP contribution >= 0.6 is 31.9 Å². The van der Waals surface area contributed by atoms with E-state index >= 15 is 0 Å². The minimum absolute atomic E-state index is 0.619. The molecule has 6 heteroatoms. The van der Waals surface area contributed by atoms with Gasteiger partial charge in [-0.1, -0.05) is 0 Å². The molecule has 0 atom stereocenters. The monoisotopic (exact) mass is 401 g/mol. The summed E-state index contributed by atoms with van der Waals surface area (Å²) in [6.45, 7) is 1.45. The molecule has 1 aromatic heterocycles. The van der Waals surface area contributed by atoms with Gasteiger partial charge in [-0.05, 0) is 62.2 Å². The smallest absolute Gasteiger partial charge is 0.147 e. The van der Waals surface area contributed by atoms with E-state index in [1.54, 1.807) is 4.68 Å². The highest BCUT2D eigenvalue weighted by atomic mass is 79.9. The third-order valence-corrected chi connectivity index (χ3v) is 4.01. The average molecular weight is 403 g/mol. The first-order valence-corrected chi connectivity index (χ1v) is 7.91. The number of hydrogen-bond acceptors (Lipinski definition) is 3.